The number of ether oxygens (including phenoxy) is 2. The summed E-state index contributed by atoms with van der Waals surface area (Å²) in [6.45, 7) is 4.46. The minimum absolute atomic E-state index is 0.276. The van der Waals surface area contributed by atoms with E-state index in [2.05, 4.69) is 27.9 Å². The number of methoxy groups -OCH3 is 1. The van der Waals surface area contributed by atoms with Gasteiger partial charge in [0.15, 0.2) is 5.60 Å². The Kier molecular flexibility index (Phi) is 5.68. The number of hydrogen-bond donors (Lipinski definition) is 0. The van der Waals surface area contributed by atoms with Crippen LogP contribution in [0.15, 0.2) is 25.0 Å². The van der Waals surface area contributed by atoms with Crippen LogP contribution in [0.25, 0.3) is 0 Å². The molecule has 0 aromatic carbocycles. The Labute approximate surface area is 92.7 Å². The molecule has 0 rings (SSSR count). The molecule has 0 aliphatic heterocycles. The van der Waals surface area contributed by atoms with E-state index in [-0.39, 0.29) is 6.42 Å². The minimum Gasteiger partial charge on any atom is -0.505 e. The maximum absolute atomic E-state index is 12.0. The van der Waals surface area contributed by atoms with Gasteiger partial charge < -0.3 is 4.74 Å². The van der Waals surface area contributed by atoms with E-state index < -0.39 is 12.0 Å². The molecular weight excluding hydrogens is 221 g/mol. The van der Waals surface area contributed by atoms with Crippen LogP contribution in [0.5, 0.6) is 0 Å². The summed E-state index contributed by atoms with van der Waals surface area (Å²) in [7, 11) is 1.46. The third-order valence-corrected chi connectivity index (χ3v) is 1.51. The van der Waals surface area contributed by atoms with Gasteiger partial charge in [-0.05, 0) is 19.1 Å². The zero-order valence-electron chi connectivity index (χ0n) is 9.10. The Hall–Kier alpha value is -1.41. The van der Waals surface area contributed by atoms with Gasteiger partial charge in [0.25, 0.3) is 0 Å². The summed E-state index contributed by atoms with van der Waals surface area (Å²) >= 11 is 0. The predicted molar refractivity (Wildman–Crippen MR) is 54.3 cm³/mol. The number of halogens is 3. The molecule has 0 amide bonds. The second kappa shape index (κ2) is 6.23. The molecule has 0 radical (unpaired) electrons. The average Bonchev–Trinajstić information content (AvgIpc) is 2.15. The van der Waals surface area contributed by atoms with Crippen molar-refractivity contribution in [3.63, 3.8) is 0 Å². The molecule has 1 atom stereocenters. The van der Waals surface area contributed by atoms with Crippen LogP contribution in [0, 0.1) is 11.8 Å². The molecule has 1 unspecified atom stereocenters. The number of allylic oxidation sites excluding steroid dienone is 1. The molecule has 0 spiro atoms. The lowest BCUT2D eigenvalue weighted by atomic mass is 10.1. The Morgan fingerprint density at radius 1 is 1.38 bits per heavy atom. The number of alkyl halides is 3. The summed E-state index contributed by atoms with van der Waals surface area (Å²) < 4.78 is 44.4. The molecule has 2 nitrogen and oxygen atoms in total. The first-order valence-electron chi connectivity index (χ1n) is 4.41. The van der Waals surface area contributed by atoms with E-state index in [1.807, 2.05) is 0 Å². The van der Waals surface area contributed by atoms with Crippen molar-refractivity contribution in [1.29, 1.82) is 0 Å². The third kappa shape index (κ3) is 6.96. The minimum atomic E-state index is -4.74. The lowest BCUT2D eigenvalue weighted by Gasteiger charge is -2.21. The van der Waals surface area contributed by atoms with Gasteiger partial charge >= 0.3 is 6.36 Å². The second-order valence-corrected chi connectivity index (χ2v) is 2.97. The smallest absolute Gasteiger partial charge is 0.505 e. The Balaban J connectivity index is 4.47. The molecule has 90 valence electrons. The van der Waals surface area contributed by atoms with Crippen LogP contribution in [-0.4, -0.2) is 19.1 Å². The Morgan fingerprint density at radius 2 is 2.00 bits per heavy atom. The van der Waals surface area contributed by atoms with E-state index in [1.165, 1.54) is 20.3 Å². The van der Waals surface area contributed by atoms with Crippen molar-refractivity contribution in [2.75, 3.05) is 7.11 Å². The quantitative estimate of drug-likeness (QED) is 0.423. The highest BCUT2D eigenvalue weighted by Gasteiger charge is 2.37. The van der Waals surface area contributed by atoms with Gasteiger partial charge in [0.2, 0.25) is 0 Å². The van der Waals surface area contributed by atoms with Crippen molar-refractivity contribution >= 4 is 0 Å². The van der Waals surface area contributed by atoms with Gasteiger partial charge in [-0.25, -0.2) is 0 Å². The lowest BCUT2D eigenvalue weighted by Crippen LogP contribution is -2.31. The van der Waals surface area contributed by atoms with Gasteiger partial charge in [-0.1, -0.05) is 18.4 Å². The zero-order chi connectivity index (χ0) is 12.7. The Bertz CT molecular complexity index is 309. The molecular formula is C11H13F3O2. The van der Waals surface area contributed by atoms with E-state index in [4.69, 9.17) is 0 Å². The van der Waals surface area contributed by atoms with Crippen LogP contribution >= 0.6 is 0 Å². The van der Waals surface area contributed by atoms with Gasteiger partial charge in [-0.2, -0.15) is 0 Å². The van der Waals surface area contributed by atoms with E-state index in [0.29, 0.717) is 0 Å². The van der Waals surface area contributed by atoms with Gasteiger partial charge in [0, 0.05) is 6.42 Å². The van der Waals surface area contributed by atoms with Crippen LogP contribution in [0.3, 0.4) is 0 Å². The largest absolute Gasteiger partial charge is 0.524 e. The molecule has 0 saturated carbocycles. The summed E-state index contributed by atoms with van der Waals surface area (Å²) in [5.74, 6) is 4.87. The molecule has 0 bridgehead atoms. The van der Waals surface area contributed by atoms with Crippen molar-refractivity contribution in [3.05, 3.63) is 25.0 Å². The van der Waals surface area contributed by atoms with Crippen LogP contribution in [0.4, 0.5) is 13.2 Å². The number of hydrogen-bond acceptors (Lipinski definition) is 2. The fourth-order valence-electron chi connectivity index (χ4n) is 0.788. The highest BCUT2D eigenvalue weighted by Crippen LogP contribution is 2.25. The first kappa shape index (κ1) is 14.6. The molecule has 0 aromatic rings. The Morgan fingerprint density at radius 3 is 2.44 bits per heavy atom. The average molecular weight is 234 g/mol. The first-order valence-corrected chi connectivity index (χ1v) is 4.41. The van der Waals surface area contributed by atoms with Gasteiger partial charge in [-0.15, -0.1) is 13.2 Å². The molecule has 5 heteroatoms. The van der Waals surface area contributed by atoms with Crippen LogP contribution < -0.4 is 0 Å². The summed E-state index contributed by atoms with van der Waals surface area (Å²) in [6.07, 6.45) is -0.485. The zero-order valence-corrected chi connectivity index (χ0v) is 9.10. The highest BCUT2D eigenvalue weighted by atomic mass is 19.4. The van der Waals surface area contributed by atoms with Gasteiger partial charge in [0.1, 0.15) is 0 Å². The van der Waals surface area contributed by atoms with Crippen molar-refractivity contribution in [2.45, 2.75) is 25.3 Å². The lowest BCUT2D eigenvalue weighted by molar-refractivity contribution is -0.346. The van der Waals surface area contributed by atoms with Crippen molar-refractivity contribution in [2.24, 2.45) is 0 Å². The maximum Gasteiger partial charge on any atom is 0.524 e. The van der Waals surface area contributed by atoms with Gasteiger partial charge in [-0.3, -0.25) is 4.74 Å². The SMILES string of the molecule is C=CC(C)(C#CC/C=C/OC)OC(F)(F)F. The fraction of sp³-hybridized carbons (Fsp3) is 0.455. The van der Waals surface area contributed by atoms with E-state index in [0.717, 1.165) is 6.08 Å². The van der Waals surface area contributed by atoms with E-state index in [9.17, 15) is 13.2 Å². The molecule has 16 heavy (non-hydrogen) atoms. The summed E-state index contributed by atoms with van der Waals surface area (Å²) in [4.78, 5) is 0. The molecule has 0 aromatic heterocycles. The van der Waals surface area contributed by atoms with Crippen molar-refractivity contribution < 1.29 is 22.6 Å². The topological polar surface area (TPSA) is 18.5 Å². The summed E-state index contributed by atoms with van der Waals surface area (Å²) in [6, 6.07) is 0. The molecule has 0 saturated heterocycles. The molecule has 0 heterocycles. The summed E-state index contributed by atoms with van der Waals surface area (Å²) in [5.41, 5.74) is -1.72. The predicted octanol–water partition coefficient (Wildman–Crippen LogP) is 3.02. The van der Waals surface area contributed by atoms with Crippen LogP contribution in [0.2, 0.25) is 0 Å². The number of rotatable bonds is 4. The van der Waals surface area contributed by atoms with Crippen molar-refractivity contribution in [3.8, 4) is 11.8 Å². The second-order valence-electron chi connectivity index (χ2n) is 2.97. The monoisotopic (exact) mass is 234 g/mol. The normalized spacial score (nSPS) is 15.1. The molecule has 0 aliphatic rings. The van der Waals surface area contributed by atoms with Gasteiger partial charge in [0.05, 0.1) is 13.4 Å². The maximum atomic E-state index is 12.0. The first-order chi connectivity index (χ1) is 7.33. The van der Waals surface area contributed by atoms with E-state index >= 15 is 0 Å². The fourth-order valence-corrected chi connectivity index (χ4v) is 0.788. The standard InChI is InChI=1S/C11H13F3O2/c1-4-10(2,16-11(12,13)14)8-6-5-7-9-15-3/h4,7,9H,1,5H2,2-3H3/b9-7+. The summed E-state index contributed by atoms with van der Waals surface area (Å²) in [5, 5.41) is 0. The molecule has 0 fully saturated rings. The van der Waals surface area contributed by atoms with Crippen LogP contribution in [-0.2, 0) is 9.47 Å². The third-order valence-electron chi connectivity index (χ3n) is 1.51. The van der Waals surface area contributed by atoms with E-state index in [1.54, 1.807) is 6.08 Å². The van der Waals surface area contributed by atoms with Crippen LogP contribution in [0.1, 0.15) is 13.3 Å². The van der Waals surface area contributed by atoms with Crippen molar-refractivity contribution in [1.82, 2.24) is 0 Å². The molecule has 0 N–H and O–H groups in total. The highest BCUT2D eigenvalue weighted by molar-refractivity contribution is 5.21. The molecule has 0 aliphatic carbocycles.